The van der Waals surface area contributed by atoms with Gasteiger partial charge < -0.3 is 23.9 Å². The Hall–Kier alpha value is -3.43. The first-order valence-corrected chi connectivity index (χ1v) is 12.8. The third-order valence-corrected chi connectivity index (χ3v) is 7.72. The van der Waals surface area contributed by atoms with E-state index in [1.54, 1.807) is 37.4 Å². The van der Waals surface area contributed by atoms with Crippen LogP contribution in [0.15, 0.2) is 36.7 Å². The highest BCUT2D eigenvalue weighted by Crippen LogP contribution is 2.49. The number of hydrogen-bond donors (Lipinski definition) is 1. The van der Waals surface area contributed by atoms with E-state index in [-0.39, 0.29) is 17.4 Å². The van der Waals surface area contributed by atoms with Crippen LogP contribution in [0.5, 0.6) is 23.1 Å². The van der Waals surface area contributed by atoms with Crippen LogP contribution in [0.3, 0.4) is 0 Å². The van der Waals surface area contributed by atoms with E-state index in [0.29, 0.717) is 45.6 Å². The molecule has 4 atom stereocenters. The Morgan fingerprint density at radius 3 is 2.70 bits per heavy atom. The molecule has 4 aromatic rings. The fourth-order valence-electron chi connectivity index (χ4n) is 5.79. The lowest BCUT2D eigenvalue weighted by Crippen LogP contribution is -2.63. The summed E-state index contributed by atoms with van der Waals surface area (Å²) in [6, 6.07) is 8.68. The molecule has 0 saturated carbocycles. The van der Waals surface area contributed by atoms with Gasteiger partial charge in [-0.25, -0.2) is 14.4 Å². The van der Waals surface area contributed by atoms with Crippen molar-refractivity contribution in [3.05, 3.63) is 48.2 Å². The van der Waals surface area contributed by atoms with Crippen LogP contribution in [0.1, 0.15) is 38.8 Å². The number of H-pyrrole nitrogens is 1. The lowest BCUT2D eigenvalue weighted by molar-refractivity contribution is -0.284. The second-order valence-corrected chi connectivity index (χ2v) is 9.80. The molecule has 37 heavy (non-hydrogen) atoms. The Kier molecular flexibility index (Phi) is 5.92. The molecular formula is C28H31FN4O4. The van der Waals surface area contributed by atoms with Crippen LogP contribution >= 0.6 is 0 Å². The van der Waals surface area contributed by atoms with Crippen LogP contribution in [0.2, 0.25) is 0 Å². The third-order valence-electron chi connectivity index (χ3n) is 7.72. The van der Waals surface area contributed by atoms with Crippen LogP contribution in [0.4, 0.5) is 4.39 Å². The fourth-order valence-corrected chi connectivity index (χ4v) is 5.79. The van der Waals surface area contributed by atoms with Crippen LogP contribution in [0, 0.1) is 18.7 Å². The smallest absolute Gasteiger partial charge is 0.230 e. The van der Waals surface area contributed by atoms with Gasteiger partial charge in [-0.15, -0.1) is 0 Å². The molecule has 0 spiro atoms. The number of aromatic amines is 1. The zero-order chi connectivity index (χ0) is 25.7. The minimum atomic E-state index is -0.450. The van der Waals surface area contributed by atoms with Crippen molar-refractivity contribution in [2.24, 2.45) is 5.92 Å². The van der Waals surface area contributed by atoms with Crippen molar-refractivity contribution >= 4 is 21.8 Å². The van der Waals surface area contributed by atoms with E-state index in [0.717, 1.165) is 25.2 Å². The maximum atomic E-state index is 15.2. The monoisotopic (exact) mass is 506 g/mol. The lowest BCUT2D eigenvalue weighted by atomic mass is 9.86. The Balaban J connectivity index is 1.30. The van der Waals surface area contributed by atoms with Crippen LogP contribution < -0.4 is 14.2 Å². The number of hydrogen-bond acceptors (Lipinski definition) is 7. The first-order valence-electron chi connectivity index (χ1n) is 12.8. The van der Waals surface area contributed by atoms with Crippen molar-refractivity contribution in [3.63, 3.8) is 0 Å². The van der Waals surface area contributed by atoms with Crippen molar-refractivity contribution in [2.45, 2.75) is 52.0 Å². The number of rotatable bonds is 9. The summed E-state index contributed by atoms with van der Waals surface area (Å²) in [4.78, 5) is 14.2. The summed E-state index contributed by atoms with van der Waals surface area (Å²) in [6.07, 6.45) is 3.73. The highest BCUT2D eigenvalue weighted by Gasteiger charge is 2.58. The molecule has 7 rings (SSSR count). The largest absolute Gasteiger partial charge is 0.493 e. The van der Waals surface area contributed by atoms with E-state index in [2.05, 4.69) is 26.8 Å². The molecule has 194 valence electrons. The standard InChI is InChI=1S/C28H31FN4O4/c1-5-25(37-28(6-2)17-9-10-33(28)14-17)35-24-13-21-19(12-23(24)34-4)27(31-15-30-21)36-22-8-7-20-18(26(22)29)11-16(3)32-20/h7-8,11-13,15,17,25,32H,5-6,9-10,14H2,1-4H3. The number of aromatic nitrogens is 3. The van der Waals surface area contributed by atoms with E-state index in [1.807, 2.05) is 13.8 Å². The maximum Gasteiger partial charge on any atom is 0.230 e. The van der Waals surface area contributed by atoms with Crippen molar-refractivity contribution in [2.75, 3.05) is 20.2 Å². The van der Waals surface area contributed by atoms with Crippen molar-refractivity contribution in [1.82, 2.24) is 19.9 Å². The molecule has 1 N–H and O–H groups in total. The molecule has 4 unspecified atom stereocenters. The highest BCUT2D eigenvalue weighted by molar-refractivity contribution is 5.87. The quantitative estimate of drug-likeness (QED) is 0.282. The summed E-state index contributed by atoms with van der Waals surface area (Å²) in [5.41, 5.74) is 1.93. The number of nitrogens with one attached hydrogen (secondary N) is 1. The number of benzene rings is 2. The molecule has 0 aliphatic carbocycles. The van der Waals surface area contributed by atoms with Gasteiger partial charge in [0.1, 0.15) is 12.1 Å². The normalized spacial score (nSPS) is 23.3. The average molecular weight is 507 g/mol. The molecule has 3 fully saturated rings. The number of aryl methyl sites for hydroxylation is 1. The number of halogens is 1. The van der Waals surface area contributed by atoms with E-state index in [9.17, 15) is 0 Å². The highest BCUT2D eigenvalue weighted by atomic mass is 19.1. The predicted molar refractivity (Wildman–Crippen MR) is 138 cm³/mol. The molecule has 2 bridgehead atoms. The zero-order valence-corrected chi connectivity index (χ0v) is 21.5. The first-order chi connectivity index (χ1) is 18.0. The molecule has 2 aromatic carbocycles. The molecular weight excluding hydrogens is 475 g/mol. The van der Waals surface area contributed by atoms with E-state index < -0.39 is 12.1 Å². The van der Waals surface area contributed by atoms with E-state index >= 15 is 4.39 Å². The number of nitrogens with zero attached hydrogens (tertiary/aromatic N) is 3. The maximum absolute atomic E-state index is 15.2. The molecule has 8 nitrogen and oxygen atoms in total. The topological polar surface area (TPSA) is 81.7 Å². The van der Waals surface area contributed by atoms with Gasteiger partial charge >= 0.3 is 0 Å². The lowest BCUT2D eigenvalue weighted by Gasteiger charge is -2.52. The van der Waals surface area contributed by atoms with Crippen molar-refractivity contribution in [3.8, 4) is 23.1 Å². The molecule has 3 saturated heterocycles. The van der Waals surface area contributed by atoms with E-state index in [4.69, 9.17) is 18.9 Å². The van der Waals surface area contributed by atoms with Gasteiger partial charge in [-0.2, -0.15) is 0 Å². The summed E-state index contributed by atoms with van der Waals surface area (Å²) in [5.74, 6) is 1.43. The summed E-state index contributed by atoms with van der Waals surface area (Å²) in [7, 11) is 1.58. The van der Waals surface area contributed by atoms with Gasteiger partial charge in [0.05, 0.1) is 18.0 Å². The minimum Gasteiger partial charge on any atom is -0.493 e. The third kappa shape index (κ3) is 3.88. The van der Waals surface area contributed by atoms with Gasteiger partial charge in [-0.1, -0.05) is 13.8 Å². The van der Waals surface area contributed by atoms with Crippen LogP contribution in [0.25, 0.3) is 21.8 Å². The second-order valence-electron chi connectivity index (χ2n) is 9.80. The van der Waals surface area contributed by atoms with Gasteiger partial charge in [-0.3, -0.25) is 4.90 Å². The van der Waals surface area contributed by atoms with Gasteiger partial charge in [0.15, 0.2) is 23.1 Å². The van der Waals surface area contributed by atoms with Gasteiger partial charge in [-0.05, 0) is 44.0 Å². The summed E-state index contributed by atoms with van der Waals surface area (Å²) in [5, 5.41) is 1.05. The molecule has 3 aliphatic heterocycles. The Labute approximate surface area is 214 Å². The average Bonchev–Trinajstić information content (AvgIpc) is 3.63. The van der Waals surface area contributed by atoms with Crippen molar-refractivity contribution < 1.29 is 23.3 Å². The number of ether oxygens (including phenoxy) is 4. The SMILES string of the molecule is CCC(Oc1cc2ncnc(Oc3ccc4[nH]c(C)cc4c3F)c2cc1OC)OC1(CC)C2CCN1C2. The number of methoxy groups -OCH3 is 1. The number of fused-ring (bicyclic) bond motifs is 3. The Morgan fingerprint density at radius 2 is 2.00 bits per heavy atom. The Bertz CT molecular complexity index is 1460. The van der Waals surface area contributed by atoms with E-state index in [1.165, 1.54) is 12.7 Å². The Morgan fingerprint density at radius 1 is 1.14 bits per heavy atom. The second kappa shape index (κ2) is 9.15. The fraction of sp³-hybridized carbons (Fsp3) is 0.429. The molecule has 0 amide bonds. The molecule has 0 radical (unpaired) electrons. The minimum absolute atomic E-state index is 0.0835. The van der Waals surface area contributed by atoms with Crippen LogP contribution in [-0.4, -0.2) is 52.1 Å². The van der Waals surface area contributed by atoms with Gasteiger partial charge in [0.25, 0.3) is 0 Å². The molecule has 2 aromatic heterocycles. The predicted octanol–water partition coefficient (Wildman–Crippen LogP) is 5.93. The molecule has 5 heterocycles. The van der Waals surface area contributed by atoms with Crippen molar-refractivity contribution in [1.29, 1.82) is 0 Å². The molecule has 9 heteroatoms. The summed E-state index contributed by atoms with van der Waals surface area (Å²) < 4.78 is 39.7. The molecule has 3 aliphatic rings. The van der Waals surface area contributed by atoms with Crippen LogP contribution in [-0.2, 0) is 4.74 Å². The first kappa shape index (κ1) is 23.9. The zero-order valence-electron chi connectivity index (χ0n) is 21.5. The summed E-state index contributed by atoms with van der Waals surface area (Å²) >= 11 is 0. The van der Waals surface area contributed by atoms with Gasteiger partial charge in [0, 0.05) is 48.1 Å². The van der Waals surface area contributed by atoms with Gasteiger partial charge in [0.2, 0.25) is 12.2 Å². The summed E-state index contributed by atoms with van der Waals surface area (Å²) in [6.45, 7) is 8.27.